The van der Waals surface area contributed by atoms with Crippen molar-refractivity contribution in [1.29, 1.82) is 0 Å². The summed E-state index contributed by atoms with van der Waals surface area (Å²) in [5.74, 6) is 0.588. The highest BCUT2D eigenvalue weighted by molar-refractivity contribution is 7.99. The highest BCUT2D eigenvalue weighted by atomic mass is 32.2. The molecule has 0 unspecified atom stereocenters. The minimum Gasteiger partial charge on any atom is -0.492 e. The molecular formula is C23H27N3O4S2. The number of thioether (sulfide) groups is 1. The fourth-order valence-corrected chi connectivity index (χ4v) is 6.01. The van der Waals surface area contributed by atoms with E-state index >= 15 is 0 Å². The van der Waals surface area contributed by atoms with Gasteiger partial charge in [0.25, 0.3) is 5.56 Å². The Bertz CT molecular complexity index is 1170. The molecule has 2 heterocycles. The number of hydrogen-bond donors (Lipinski definition) is 1. The van der Waals surface area contributed by atoms with Crippen molar-refractivity contribution in [3.05, 3.63) is 45.1 Å². The van der Waals surface area contributed by atoms with Crippen LogP contribution in [0.15, 0.2) is 34.2 Å². The molecule has 1 aliphatic rings. The van der Waals surface area contributed by atoms with E-state index in [1.807, 2.05) is 31.2 Å². The second-order valence-corrected chi connectivity index (χ2v) is 9.53. The predicted octanol–water partition coefficient (Wildman–Crippen LogP) is 4.11. The van der Waals surface area contributed by atoms with Crippen molar-refractivity contribution in [3.63, 3.8) is 0 Å². The lowest BCUT2D eigenvalue weighted by atomic mass is 9.97. The van der Waals surface area contributed by atoms with Gasteiger partial charge in [0.15, 0.2) is 5.16 Å². The van der Waals surface area contributed by atoms with Crippen molar-refractivity contribution in [3.8, 4) is 5.75 Å². The van der Waals surface area contributed by atoms with Crippen LogP contribution in [0.2, 0.25) is 0 Å². The second-order valence-electron chi connectivity index (χ2n) is 7.50. The number of benzene rings is 1. The third-order valence-corrected chi connectivity index (χ3v) is 7.51. The largest absolute Gasteiger partial charge is 0.492 e. The molecule has 0 radical (unpaired) electrons. The van der Waals surface area contributed by atoms with Crippen LogP contribution in [0.5, 0.6) is 5.75 Å². The van der Waals surface area contributed by atoms with Gasteiger partial charge in [-0.25, -0.2) is 4.98 Å². The predicted molar refractivity (Wildman–Crippen MR) is 129 cm³/mol. The Hall–Kier alpha value is -2.36. The fraction of sp³-hybridized carbons (Fsp3) is 0.435. The first-order valence-electron chi connectivity index (χ1n) is 10.8. The topological polar surface area (TPSA) is 82.5 Å². The number of nitrogens with zero attached hydrogens (tertiary/aromatic N) is 2. The molecule has 0 saturated carbocycles. The first kappa shape index (κ1) is 22.8. The van der Waals surface area contributed by atoms with Gasteiger partial charge in [0.05, 0.1) is 36.6 Å². The molecule has 0 bridgehead atoms. The van der Waals surface area contributed by atoms with Gasteiger partial charge < -0.3 is 14.8 Å². The van der Waals surface area contributed by atoms with Gasteiger partial charge in [-0.05, 0) is 50.3 Å². The molecular weight excluding hydrogens is 446 g/mol. The molecule has 1 N–H and O–H groups in total. The van der Waals surface area contributed by atoms with Crippen LogP contribution in [0.1, 0.15) is 30.2 Å². The maximum absolute atomic E-state index is 13.4. The number of methoxy groups -OCH3 is 1. The molecule has 32 heavy (non-hydrogen) atoms. The van der Waals surface area contributed by atoms with Crippen LogP contribution >= 0.6 is 23.1 Å². The zero-order chi connectivity index (χ0) is 22.5. The number of aromatic nitrogens is 2. The molecule has 1 aromatic carbocycles. The van der Waals surface area contributed by atoms with Gasteiger partial charge in [-0.3, -0.25) is 14.2 Å². The Morgan fingerprint density at radius 3 is 2.91 bits per heavy atom. The third-order valence-electron chi connectivity index (χ3n) is 5.35. The van der Waals surface area contributed by atoms with E-state index in [0.29, 0.717) is 36.4 Å². The van der Waals surface area contributed by atoms with Gasteiger partial charge >= 0.3 is 0 Å². The molecule has 4 rings (SSSR count). The Morgan fingerprint density at radius 2 is 2.09 bits per heavy atom. The standard InChI is InChI=1S/C23H27N3O4S2/c1-3-30-17-10-6-5-9-16(17)24-19(27)14-31-23-25-21-20(22(28)26(23)12-13-29-2)15-8-4-7-11-18(15)32-21/h5-6,9-10H,3-4,7-8,11-14H2,1-2H3,(H,24,27). The molecule has 1 amide bonds. The lowest BCUT2D eigenvalue weighted by molar-refractivity contribution is -0.113. The molecule has 0 fully saturated rings. The van der Waals surface area contributed by atoms with Gasteiger partial charge in [-0.15, -0.1) is 11.3 Å². The highest BCUT2D eigenvalue weighted by Gasteiger charge is 2.22. The molecule has 7 nitrogen and oxygen atoms in total. The molecule has 1 aliphatic carbocycles. The highest BCUT2D eigenvalue weighted by Crippen LogP contribution is 2.34. The molecule has 3 aromatic rings. The van der Waals surface area contributed by atoms with E-state index in [2.05, 4.69) is 5.32 Å². The van der Waals surface area contributed by atoms with Crippen LogP contribution in [-0.4, -0.2) is 41.5 Å². The SMILES string of the molecule is CCOc1ccccc1NC(=O)CSc1nc2sc3c(c2c(=O)n1CCOC)CCCC3. The lowest BCUT2D eigenvalue weighted by Gasteiger charge is -2.14. The van der Waals surface area contributed by atoms with Gasteiger partial charge in [-0.1, -0.05) is 23.9 Å². The smallest absolute Gasteiger partial charge is 0.263 e. The van der Waals surface area contributed by atoms with Crippen molar-refractivity contribution >= 4 is 44.9 Å². The summed E-state index contributed by atoms with van der Waals surface area (Å²) in [6.07, 6.45) is 4.21. The number of aryl methyl sites for hydroxylation is 2. The lowest BCUT2D eigenvalue weighted by Crippen LogP contribution is -2.26. The Morgan fingerprint density at radius 1 is 1.28 bits per heavy atom. The summed E-state index contributed by atoms with van der Waals surface area (Å²) in [6, 6.07) is 7.34. The number of carbonyl (C=O) groups is 1. The quantitative estimate of drug-likeness (QED) is 0.372. The van der Waals surface area contributed by atoms with Gasteiger partial charge in [-0.2, -0.15) is 0 Å². The minimum atomic E-state index is -0.180. The van der Waals surface area contributed by atoms with E-state index in [-0.39, 0.29) is 17.2 Å². The summed E-state index contributed by atoms with van der Waals surface area (Å²) < 4.78 is 12.4. The molecule has 170 valence electrons. The summed E-state index contributed by atoms with van der Waals surface area (Å²) in [6.45, 7) is 3.22. The minimum absolute atomic E-state index is 0.0314. The summed E-state index contributed by atoms with van der Waals surface area (Å²) in [5, 5.41) is 4.20. The summed E-state index contributed by atoms with van der Waals surface area (Å²) in [4.78, 5) is 32.9. The average Bonchev–Trinajstić information content (AvgIpc) is 3.17. The zero-order valence-electron chi connectivity index (χ0n) is 18.3. The number of para-hydroxylation sites is 2. The maximum atomic E-state index is 13.4. The van der Waals surface area contributed by atoms with Gasteiger partial charge in [0.2, 0.25) is 5.91 Å². The number of rotatable bonds is 9. The van der Waals surface area contributed by atoms with E-state index in [1.54, 1.807) is 23.0 Å². The van der Waals surface area contributed by atoms with Crippen molar-refractivity contribution in [2.24, 2.45) is 0 Å². The molecule has 0 atom stereocenters. The first-order valence-corrected chi connectivity index (χ1v) is 12.6. The summed E-state index contributed by atoms with van der Waals surface area (Å²) >= 11 is 2.89. The molecule has 2 aromatic heterocycles. The van der Waals surface area contributed by atoms with Crippen molar-refractivity contribution in [1.82, 2.24) is 9.55 Å². The van der Waals surface area contributed by atoms with Crippen LogP contribution in [0.25, 0.3) is 10.2 Å². The summed E-state index contributed by atoms with van der Waals surface area (Å²) in [7, 11) is 1.61. The van der Waals surface area contributed by atoms with Crippen LogP contribution in [0, 0.1) is 0 Å². The first-order chi connectivity index (χ1) is 15.6. The number of fused-ring (bicyclic) bond motifs is 3. The summed E-state index contributed by atoms with van der Waals surface area (Å²) in [5.41, 5.74) is 1.77. The second kappa shape index (κ2) is 10.5. The van der Waals surface area contributed by atoms with E-state index in [4.69, 9.17) is 14.5 Å². The van der Waals surface area contributed by atoms with Crippen LogP contribution in [0.3, 0.4) is 0 Å². The van der Waals surface area contributed by atoms with Gasteiger partial charge in [0, 0.05) is 12.0 Å². The number of hydrogen-bond acceptors (Lipinski definition) is 7. The number of thiophene rings is 1. The Kier molecular flexibility index (Phi) is 7.49. The van der Waals surface area contributed by atoms with Crippen LogP contribution < -0.4 is 15.6 Å². The molecule has 0 saturated heterocycles. The zero-order valence-corrected chi connectivity index (χ0v) is 19.9. The normalized spacial score (nSPS) is 13.2. The maximum Gasteiger partial charge on any atom is 0.263 e. The van der Waals surface area contributed by atoms with E-state index in [1.165, 1.54) is 22.2 Å². The number of carbonyl (C=O) groups excluding carboxylic acids is 1. The van der Waals surface area contributed by atoms with Crippen molar-refractivity contribution in [2.45, 2.75) is 44.3 Å². The average molecular weight is 474 g/mol. The molecule has 0 spiro atoms. The Labute approximate surface area is 195 Å². The number of amides is 1. The van der Waals surface area contributed by atoms with Gasteiger partial charge in [0.1, 0.15) is 10.6 Å². The van der Waals surface area contributed by atoms with E-state index < -0.39 is 0 Å². The van der Waals surface area contributed by atoms with Crippen molar-refractivity contribution in [2.75, 3.05) is 31.4 Å². The van der Waals surface area contributed by atoms with Crippen LogP contribution in [-0.2, 0) is 28.9 Å². The number of nitrogens with one attached hydrogen (secondary N) is 1. The monoisotopic (exact) mass is 473 g/mol. The molecule has 0 aliphatic heterocycles. The van der Waals surface area contributed by atoms with Crippen molar-refractivity contribution < 1.29 is 14.3 Å². The van der Waals surface area contributed by atoms with E-state index in [0.717, 1.165) is 35.9 Å². The number of ether oxygens (including phenoxy) is 2. The Balaban J connectivity index is 1.58. The third kappa shape index (κ3) is 4.84. The van der Waals surface area contributed by atoms with E-state index in [9.17, 15) is 9.59 Å². The fourth-order valence-electron chi connectivity index (χ4n) is 3.88. The molecule has 9 heteroatoms. The number of anilines is 1. The van der Waals surface area contributed by atoms with Crippen LogP contribution in [0.4, 0.5) is 5.69 Å².